The quantitative estimate of drug-likeness (QED) is 0.858. The van der Waals surface area contributed by atoms with Gasteiger partial charge in [0.2, 0.25) is 0 Å². The Labute approximate surface area is 116 Å². The summed E-state index contributed by atoms with van der Waals surface area (Å²) < 4.78 is 5.56. The second-order valence-corrected chi connectivity index (χ2v) is 6.47. The summed E-state index contributed by atoms with van der Waals surface area (Å²) in [4.78, 5) is 16.9. The number of nitrogens with zero attached hydrogens (tertiary/aromatic N) is 1. The highest BCUT2D eigenvalue weighted by molar-refractivity contribution is 7.13. The number of carbonyl (C=O) groups excluding carboxylic acids is 1. The summed E-state index contributed by atoms with van der Waals surface area (Å²) in [7, 11) is 0. The van der Waals surface area contributed by atoms with E-state index in [0.717, 1.165) is 37.3 Å². The fraction of sp³-hybridized carbons (Fsp3) is 0.692. The van der Waals surface area contributed by atoms with E-state index in [1.54, 1.807) is 6.20 Å². The summed E-state index contributed by atoms with van der Waals surface area (Å²) >= 11 is 1.41. The molecule has 2 aliphatic rings. The second-order valence-electron chi connectivity index (χ2n) is 5.41. The summed E-state index contributed by atoms with van der Waals surface area (Å²) in [6.45, 7) is 1.48. The smallest absolute Gasteiger partial charge is 0.263 e. The molecule has 19 heavy (non-hydrogen) atoms. The van der Waals surface area contributed by atoms with Crippen molar-refractivity contribution in [2.24, 2.45) is 5.41 Å². The molecular weight excluding hydrogens is 264 g/mol. The van der Waals surface area contributed by atoms with Gasteiger partial charge in [-0.15, -0.1) is 11.3 Å². The molecule has 104 valence electrons. The number of amides is 1. The van der Waals surface area contributed by atoms with Crippen molar-refractivity contribution in [1.82, 2.24) is 10.3 Å². The van der Waals surface area contributed by atoms with E-state index in [1.165, 1.54) is 11.3 Å². The first kappa shape index (κ1) is 13.0. The van der Waals surface area contributed by atoms with Crippen molar-refractivity contribution in [3.8, 4) is 0 Å². The molecule has 1 unspecified atom stereocenters. The van der Waals surface area contributed by atoms with Crippen LogP contribution in [-0.4, -0.2) is 35.8 Å². The zero-order chi connectivity index (χ0) is 13.3. The maximum Gasteiger partial charge on any atom is 0.263 e. The molecule has 2 heterocycles. The van der Waals surface area contributed by atoms with Crippen LogP contribution in [0.3, 0.4) is 0 Å². The number of hydrogen-bond acceptors (Lipinski definition) is 5. The minimum absolute atomic E-state index is 0.0578. The molecule has 5 nitrogen and oxygen atoms in total. The number of aliphatic hydroxyl groups excluding tert-OH is 1. The molecule has 2 N–H and O–H groups in total. The van der Waals surface area contributed by atoms with Crippen molar-refractivity contribution in [3.63, 3.8) is 0 Å². The van der Waals surface area contributed by atoms with Gasteiger partial charge in [-0.25, -0.2) is 4.98 Å². The van der Waals surface area contributed by atoms with E-state index in [1.807, 2.05) is 0 Å². The first-order valence-corrected chi connectivity index (χ1v) is 7.50. The van der Waals surface area contributed by atoms with Crippen LogP contribution in [0.5, 0.6) is 0 Å². The van der Waals surface area contributed by atoms with Gasteiger partial charge in [0.05, 0.1) is 12.8 Å². The lowest BCUT2D eigenvalue weighted by Crippen LogP contribution is -2.31. The van der Waals surface area contributed by atoms with E-state index in [-0.39, 0.29) is 24.0 Å². The molecule has 1 saturated heterocycles. The predicted molar refractivity (Wildman–Crippen MR) is 71.1 cm³/mol. The Kier molecular flexibility index (Phi) is 3.56. The minimum atomic E-state index is -0.0959. The molecule has 0 bridgehead atoms. The SMILES string of the molecule is O=C(NCC1(CO)CC1)c1cnc(C2CCCO2)s1. The standard InChI is InChI=1S/C13H18N2O3S/c16-8-13(3-4-13)7-15-11(17)10-6-14-12(19-10)9-2-1-5-18-9/h6,9,16H,1-5,7-8H2,(H,15,17). The number of nitrogens with one attached hydrogen (secondary N) is 1. The van der Waals surface area contributed by atoms with Crippen LogP contribution >= 0.6 is 11.3 Å². The highest BCUT2D eigenvalue weighted by atomic mass is 32.1. The van der Waals surface area contributed by atoms with Crippen LogP contribution in [0, 0.1) is 5.41 Å². The molecule has 3 rings (SSSR count). The monoisotopic (exact) mass is 282 g/mol. The molecular formula is C13H18N2O3S. The van der Waals surface area contributed by atoms with Crippen molar-refractivity contribution in [2.75, 3.05) is 19.8 Å². The van der Waals surface area contributed by atoms with Gasteiger partial charge >= 0.3 is 0 Å². The zero-order valence-electron chi connectivity index (χ0n) is 10.7. The molecule has 2 fully saturated rings. The fourth-order valence-corrected chi connectivity index (χ4v) is 3.15. The molecule has 0 aromatic carbocycles. The molecule has 0 spiro atoms. The van der Waals surface area contributed by atoms with Gasteiger partial charge in [-0.1, -0.05) is 0 Å². The molecule has 1 aromatic rings. The zero-order valence-corrected chi connectivity index (χ0v) is 11.5. The number of carbonyl (C=O) groups is 1. The van der Waals surface area contributed by atoms with Crippen LogP contribution in [0.25, 0.3) is 0 Å². The molecule has 1 amide bonds. The Morgan fingerprint density at radius 1 is 1.63 bits per heavy atom. The van der Waals surface area contributed by atoms with E-state index >= 15 is 0 Å². The molecule has 1 aliphatic heterocycles. The number of aliphatic hydroxyl groups is 1. The van der Waals surface area contributed by atoms with Crippen LogP contribution in [0.1, 0.15) is 46.5 Å². The number of hydrogen-bond donors (Lipinski definition) is 2. The largest absolute Gasteiger partial charge is 0.396 e. The molecule has 1 aliphatic carbocycles. The van der Waals surface area contributed by atoms with Crippen LogP contribution in [0.2, 0.25) is 0 Å². The topological polar surface area (TPSA) is 71.5 Å². The fourth-order valence-electron chi connectivity index (χ4n) is 2.24. The van der Waals surface area contributed by atoms with Gasteiger partial charge in [-0.2, -0.15) is 0 Å². The van der Waals surface area contributed by atoms with E-state index in [2.05, 4.69) is 10.3 Å². The van der Waals surface area contributed by atoms with Gasteiger partial charge in [0.25, 0.3) is 5.91 Å². The van der Waals surface area contributed by atoms with Gasteiger partial charge in [-0.05, 0) is 25.7 Å². The Balaban J connectivity index is 1.57. The van der Waals surface area contributed by atoms with Crippen LogP contribution in [0.15, 0.2) is 6.20 Å². The maximum absolute atomic E-state index is 12.0. The lowest BCUT2D eigenvalue weighted by Gasteiger charge is -2.11. The first-order chi connectivity index (χ1) is 9.22. The normalized spacial score (nSPS) is 24.4. The second kappa shape index (κ2) is 5.19. The highest BCUT2D eigenvalue weighted by Gasteiger charge is 2.42. The van der Waals surface area contributed by atoms with Gasteiger partial charge in [-0.3, -0.25) is 4.79 Å². The Bertz CT molecular complexity index is 464. The molecule has 1 saturated carbocycles. The maximum atomic E-state index is 12.0. The van der Waals surface area contributed by atoms with Gasteiger partial charge in [0, 0.05) is 18.6 Å². The van der Waals surface area contributed by atoms with E-state index in [0.29, 0.717) is 11.4 Å². The van der Waals surface area contributed by atoms with Crippen molar-refractivity contribution < 1.29 is 14.6 Å². The lowest BCUT2D eigenvalue weighted by molar-refractivity contribution is 0.0939. The summed E-state index contributed by atoms with van der Waals surface area (Å²) in [5.74, 6) is -0.0959. The summed E-state index contributed by atoms with van der Waals surface area (Å²) in [6, 6.07) is 0. The van der Waals surface area contributed by atoms with Gasteiger partial charge < -0.3 is 15.2 Å². The van der Waals surface area contributed by atoms with E-state index in [9.17, 15) is 9.90 Å². The number of aromatic nitrogens is 1. The minimum Gasteiger partial charge on any atom is -0.396 e. The summed E-state index contributed by atoms with van der Waals surface area (Å²) in [5, 5.41) is 13.0. The molecule has 6 heteroatoms. The Morgan fingerprint density at radius 3 is 3.11 bits per heavy atom. The van der Waals surface area contributed by atoms with E-state index < -0.39 is 0 Å². The first-order valence-electron chi connectivity index (χ1n) is 6.69. The predicted octanol–water partition coefficient (Wildman–Crippen LogP) is 1.50. The third-order valence-electron chi connectivity index (χ3n) is 3.87. The Morgan fingerprint density at radius 2 is 2.47 bits per heavy atom. The molecule has 0 radical (unpaired) electrons. The lowest BCUT2D eigenvalue weighted by atomic mass is 10.1. The third-order valence-corrected chi connectivity index (χ3v) is 4.96. The summed E-state index contributed by atoms with van der Waals surface area (Å²) in [5.41, 5.74) is -0.0578. The number of rotatable bonds is 5. The van der Waals surface area contributed by atoms with Crippen molar-refractivity contribution in [3.05, 3.63) is 16.1 Å². The van der Waals surface area contributed by atoms with Crippen molar-refractivity contribution >= 4 is 17.2 Å². The van der Waals surface area contributed by atoms with Crippen molar-refractivity contribution in [1.29, 1.82) is 0 Å². The average molecular weight is 282 g/mol. The third kappa shape index (κ3) is 2.80. The average Bonchev–Trinajstić information content (AvgIpc) is 2.87. The van der Waals surface area contributed by atoms with Gasteiger partial charge in [0.1, 0.15) is 16.0 Å². The van der Waals surface area contributed by atoms with Crippen LogP contribution < -0.4 is 5.32 Å². The molecule has 1 aromatic heterocycles. The van der Waals surface area contributed by atoms with Crippen molar-refractivity contribution in [2.45, 2.75) is 31.8 Å². The summed E-state index contributed by atoms with van der Waals surface area (Å²) in [6.07, 6.45) is 5.72. The van der Waals surface area contributed by atoms with Gasteiger partial charge in [0.15, 0.2) is 0 Å². The van der Waals surface area contributed by atoms with E-state index in [4.69, 9.17) is 4.74 Å². The van der Waals surface area contributed by atoms with Crippen LogP contribution in [-0.2, 0) is 4.74 Å². The number of thiazole rings is 1. The molecule has 1 atom stereocenters. The number of ether oxygens (including phenoxy) is 1. The van der Waals surface area contributed by atoms with Crippen LogP contribution in [0.4, 0.5) is 0 Å². The Hall–Kier alpha value is -0.980. The highest BCUT2D eigenvalue weighted by Crippen LogP contribution is 2.44.